The number of carboxylic acid groups (broad SMARTS) is 1. The normalized spacial score (nSPS) is 14.4. The topological polar surface area (TPSA) is 121 Å². The van der Waals surface area contributed by atoms with Crippen molar-refractivity contribution in [3.05, 3.63) is 0 Å². The molecule has 0 bridgehead atoms. The molecule has 6 heteroatoms. The number of hydrogen-bond acceptors (Lipinski definition) is 4. The van der Waals surface area contributed by atoms with Gasteiger partial charge in [-0.2, -0.15) is 0 Å². The number of aliphatic carboxylic acids is 1. The Morgan fingerprint density at radius 2 is 1.82 bits per heavy atom. The van der Waals surface area contributed by atoms with Gasteiger partial charge in [0.15, 0.2) is 0 Å². The number of rotatable bonds is 5. The molecule has 5 N–H and O–H groups in total. The summed E-state index contributed by atoms with van der Waals surface area (Å²) >= 11 is 0. The number of carboxylic acids is 1. The van der Waals surface area contributed by atoms with Crippen molar-refractivity contribution in [1.82, 2.24) is 0 Å². The fourth-order valence-electron chi connectivity index (χ4n) is 1.29. The van der Waals surface area contributed by atoms with Crippen LogP contribution >= 0.6 is 0 Å². The van der Waals surface area contributed by atoms with Crippen molar-refractivity contribution in [1.29, 1.82) is 0 Å². The molecule has 0 radical (unpaired) electrons. The van der Waals surface area contributed by atoms with Gasteiger partial charge in [0.25, 0.3) is 0 Å². The van der Waals surface area contributed by atoms with Crippen molar-refractivity contribution in [3.63, 3.8) is 0 Å². The Morgan fingerprint density at radius 1 is 1.35 bits per heavy atom. The highest BCUT2D eigenvalue weighted by Gasteiger charge is 2.21. The monoisotopic (exact) mass is 249 g/mol. The predicted octanol–water partition coefficient (Wildman–Crippen LogP) is 0.332. The second-order valence-electron chi connectivity index (χ2n) is 5.08. The minimum absolute atomic E-state index is 0. The zero-order chi connectivity index (χ0) is 12.9. The van der Waals surface area contributed by atoms with Crippen LogP contribution in [0.1, 0.15) is 40.5 Å². The molecule has 17 heavy (non-hydrogen) atoms. The Hall–Kier alpha value is -1.14. The van der Waals surface area contributed by atoms with E-state index < -0.39 is 17.6 Å². The Labute approximate surface area is 101 Å². The fraction of sp³-hybridized carbons (Fsp3) is 0.818. The zero-order valence-electron chi connectivity index (χ0n) is 10.8. The van der Waals surface area contributed by atoms with Crippen LogP contribution in [0.5, 0.6) is 0 Å². The average Bonchev–Trinajstić information content (AvgIpc) is 1.98. The van der Waals surface area contributed by atoms with Crippen molar-refractivity contribution >= 4 is 11.9 Å². The minimum Gasteiger partial charge on any atom is -0.480 e. The first-order valence-corrected chi connectivity index (χ1v) is 5.32. The van der Waals surface area contributed by atoms with Gasteiger partial charge in [-0.15, -0.1) is 0 Å². The molecule has 0 fully saturated rings. The summed E-state index contributed by atoms with van der Waals surface area (Å²) in [5.74, 6) is -1.46. The van der Waals surface area contributed by atoms with Crippen LogP contribution in [-0.2, 0) is 14.3 Å². The first-order valence-electron chi connectivity index (χ1n) is 5.32. The molecule has 0 aliphatic carbocycles. The van der Waals surface area contributed by atoms with E-state index in [4.69, 9.17) is 15.6 Å². The summed E-state index contributed by atoms with van der Waals surface area (Å²) in [6.45, 7) is 7.16. The van der Waals surface area contributed by atoms with Crippen molar-refractivity contribution in [2.24, 2.45) is 11.7 Å². The van der Waals surface area contributed by atoms with Crippen LogP contribution in [0.4, 0.5) is 0 Å². The summed E-state index contributed by atoms with van der Waals surface area (Å²) in [5, 5.41) is 8.61. The van der Waals surface area contributed by atoms with Crippen molar-refractivity contribution in [2.45, 2.75) is 52.2 Å². The molecule has 0 amide bonds. The van der Waals surface area contributed by atoms with Crippen LogP contribution < -0.4 is 5.73 Å². The molecule has 0 aromatic heterocycles. The molecular formula is C11H23NO5. The highest BCUT2D eigenvalue weighted by atomic mass is 16.6. The molecule has 2 atom stereocenters. The number of ether oxygens (including phenoxy) is 1. The molecule has 0 aliphatic rings. The van der Waals surface area contributed by atoms with E-state index in [-0.39, 0.29) is 30.2 Å². The highest BCUT2D eigenvalue weighted by Crippen LogP contribution is 2.14. The molecule has 0 rings (SSSR count). The maximum absolute atomic E-state index is 11.4. The first-order chi connectivity index (χ1) is 7.11. The summed E-state index contributed by atoms with van der Waals surface area (Å²) in [7, 11) is 0. The summed E-state index contributed by atoms with van der Waals surface area (Å²) in [4.78, 5) is 21.9. The van der Waals surface area contributed by atoms with Gasteiger partial charge in [-0.05, 0) is 33.1 Å². The van der Waals surface area contributed by atoms with Gasteiger partial charge >= 0.3 is 11.9 Å². The third-order valence-corrected chi connectivity index (χ3v) is 1.91. The van der Waals surface area contributed by atoms with Gasteiger partial charge in [-0.25, -0.2) is 0 Å². The molecule has 0 saturated carbocycles. The van der Waals surface area contributed by atoms with Crippen LogP contribution in [0, 0.1) is 5.92 Å². The van der Waals surface area contributed by atoms with E-state index >= 15 is 0 Å². The van der Waals surface area contributed by atoms with Crippen LogP contribution in [0.15, 0.2) is 0 Å². The lowest BCUT2D eigenvalue weighted by Crippen LogP contribution is -2.33. The lowest BCUT2D eigenvalue weighted by atomic mass is 9.99. The van der Waals surface area contributed by atoms with Crippen LogP contribution in [0.3, 0.4) is 0 Å². The number of nitrogens with two attached hydrogens (primary N) is 1. The Balaban J connectivity index is 0. The Morgan fingerprint density at radius 3 is 2.18 bits per heavy atom. The number of carbonyl (C=O) groups excluding carboxylic acids is 1. The number of esters is 1. The first kappa shape index (κ1) is 18.2. The predicted molar refractivity (Wildman–Crippen MR) is 63.5 cm³/mol. The lowest BCUT2D eigenvalue weighted by Gasteiger charge is -2.21. The van der Waals surface area contributed by atoms with Gasteiger partial charge in [0.2, 0.25) is 0 Å². The van der Waals surface area contributed by atoms with E-state index in [2.05, 4.69) is 0 Å². The zero-order valence-corrected chi connectivity index (χ0v) is 10.8. The van der Waals surface area contributed by atoms with E-state index in [1.807, 2.05) is 0 Å². The molecule has 102 valence electrons. The SMILES string of the molecule is CC(CC(=O)OC(C)(C)C)C[C@H](N)C(=O)O.O. The van der Waals surface area contributed by atoms with E-state index in [0.29, 0.717) is 0 Å². The van der Waals surface area contributed by atoms with E-state index in [9.17, 15) is 9.59 Å². The Kier molecular flexibility index (Phi) is 7.76. The van der Waals surface area contributed by atoms with Crippen molar-refractivity contribution in [3.8, 4) is 0 Å². The minimum atomic E-state index is -1.05. The third-order valence-electron chi connectivity index (χ3n) is 1.91. The van der Waals surface area contributed by atoms with Gasteiger partial charge < -0.3 is 21.1 Å². The van der Waals surface area contributed by atoms with Gasteiger partial charge in [0.05, 0.1) is 0 Å². The van der Waals surface area contributed by atoms with Crippen LogP contribution in [-0.4, -0.2) is 34.2 Å². The quantitative estimate of drug-likeness (QED) is 0.680. The molecule has 0 heterocycles. The second kappa shape index (κ2) is 7.24. The third kappa shape index (κ3) is 9.77. The summed E-state index contributed by atoms with van der Waals surface area (Å²) in [6, 6.07) is -0.919. The van der Waals surface area contributed by atoms with Crippen molar-refractivity contribution < 1.29 is 24.9 Å². The second-order valence-corrected chi connectivity index (χ2v) is 5.08. The van der Waals surface area contributed by atoms with Gasteiger partial charge in [0.1, 0.15) is 11.6 Å². The maximum Gasteiger partial charge on any atom is 0.320 e. The van der Waals surface area contributed by atoms with Crippen LogP contribution in [0.25, 0.3) is 0 Å². The number of hydrogen-bond donors (Lipinski definition) is 2. The molecule has 0 spiro atoms. The van der Waals surface area contributed by atoms with E-state index in [1.54, 1.807) is 27.7 Å². The number of carbonyl (C=O) groups is 2. The standard InChI is InChI=1S/C11H21NO4.H2O/c1-7(5-8(12)10(14)15)6-9(13)16-11(2,3)4;/h7-8H,5-6,12H2,1-4H3,(H,14,15);1H2/t7?,8-;/m0./s1. The molecular weight excluding hydrogens is 226 g/mol. The molecule has 0 aliphatic heterocycles. The highest BCUT2D eigenvalue weighted by molar-refractivity contribution is 5.73. The van der Waals surface area contributed by atoms with E-state index in [0.717, 1.165) is 0 Å². The molecule has 0 aromatic carbocycles. The van der Waals surface area contributed by atoms with Crippen molar-refractivity contribution in [2.75, 3.05) is 0 Å². The summed E-state index contributed by atoms with van der Waals surface area (Å²) < 4.78 is 5.12. The summed E-state index contributed by atoms with van der Waals surface area (Å²) in [5.41, 5.74) is 4.86. The van der Waals surface area contributed by atoms with Gasteiger partial charge in [0, 0.05) is 6.42 Å². The molecule has 0 aromatic rings. The Bertz CT molecular complexity index is 259. The van der Waals surface area contributed by atoms with Gasteiger partial charge in [-0.1, -0.05) is 6.92 Å². The lowest BCUT2D eigenvalue weighted by molar-refractivity contribution is -0.156. The molecule has 0 saturated heterocycles. The maximum atomic E-state index is 11.4. The average molecular weight is 249 g/mol. The summed E-state index contributed by atoms with van der Waals surface area (Å²) in [6.07, 6.45) is 0.465. The molecule has 1 unspecified atom stereocenters. The van der Waals surface area contributed by atoms with Crippen LogP contribution in [0.2, 0.25) is 0 Å². The smallest absolute Gasteiger partial charge is 0.320 e. The molecule has 6 nitrogen and oxygen atoms in total. The van der Waals surface area contributed by atoms with Gasteiger partial charge in [-0.3, -0.25) is 9.59 Å². The van der Waals surface area contributed by atoms with E-state index in [1.165, 1.54) is 0 Å². The largest absolute Gasteiger partial charge is 0.480 e. The fourth-order valence-corrected chi connectivity index (χ4v) is 1.29.